The summed E-state index contributed by atoms with van der Waals surface area (Å²) in [5.74, 6) is 1.70. The van der Waals surface area contributed by atoms with Crippen molar-refractivity contribution in [3.05, 3.63) is 41.3 Å². The van der Waals surface area contributed by atoms with Gasteiger partial charge in [-0.1, -0.05) is 31.4 Å². The van der Waals surface area contributed by atoms with E-state index in [0.29, 0.717) is 17.3 Å². The lowest BCUT2D eigenvalue weighted by molar-refractivity contribution is -0.136. The SMILES string of the molecule is Cc1nc(-c2cccc(F)c2)nc(N2CCN(C(=O)C3CCCCC3)CC2)c1C. The lowest BCUT2D eigenvalue weighted by Crippen LogP contribution is -2.51. The molecule has 1 aromatic carbocycles. The minimum absolute atomic E-state index is 0.220. The first-order valence-corrected chi connectivity index (χ1v) is 10.7. The van der Waals surface area contributed by atoms with Gasteiger partial charge in [0.2, 0.25) is 5.91 Å². The molecule has 1 saturated carbocycles. The molecule has 1 saturated heterocycles. The van der Waals surface area contributed by atoms with Crippen LogP contribution in [0.5, 0.6) is 0 Å². The molecule has 4 rings (SSSR count). The Bertz CT molecular complexity index is 886. The van der Waals surface area contributed by atoms with Crippen molar-refractivity contribution in [2.45, 2.75) is 46.0 Å². The van der Waals surface area contributed by atoms with E-state index in [0.717, 1.165) is 56.1 Å². The van der Waals surface area contributed by atoms with Crippen molar-refractivity contribution in [3.8, 4) is 11.4 Å². The number of piperazine rings is 1. The topological polar surface area (TPSA) is 49.3 Å². The zero-order valence-corrected chi connectivity index (χ0v) is 17.3. The number of rotatable bonds is 3. The standard InChI is InChI=1S/C23H29FN4O/c1-16-17(2)25-21(19-9-6-10-20(24)15-19)26-22(16)27-11-13-28(14-12-27)23(29)18-7-4-3-5-8-18/h6,9-10,15,18H,3-5,7-8,11-14H2,1-2H3. The molecular formula is C23H29FN4O. The molecule has 1 aliphatic carbocycles. The molecule has 1 amide bonds. The van der Waals surface area contributed by atoms with Crippen LogP contribution in [0.1, 0.15) is 43.4 Å². The second-order valence-electron chi connectivity index (χ2n) is 8.24. The van der Waals surface area contributed by atoms with Crippen LogP contribution in [-0.2, 0) is 4.79 Å². The number of benzene rings is 1. The van der Waals surface area contributed by atoms with E-state index in [1.807, 2.05) is 24.8 Å². The Hall–Kier alpha value is -2.50. The van der Waals surface area contributed by atoms with Crippen LogP contribution in [-0.4, -0.2) is 47.0 Å². The number of anilines is 1. The average Bonchev–Trinajstić information content (AvgIpc) is 2.76. The van der Waals surface area contributed by atoms with E-state index in [-0.39, 0.29) is 11.7 Å². The van der Waals surface area contributed by atoms with Gasteiger partial charge in [0.05, 0.1) is 0 Å². The maximum Gasteiger partial charge on any atom is 0.225 e. The molecule has 5 nitrogen and oxygen atoms in total. The number of halogens is 1. The number of carbonyl (C=O) groups excluding carboxylic acids is 1. The molecule has 1 aliphatic heterocycles. The first kappa shape index (κ1) is 19.8. The first-order chi connectivity index (χ1) is 14.0. The van der Waals surface area contributed by atoms with Crippen LogP contribution >= 0.6 is 0 Å². The molecule has 2 aromatic rings. The minimum atomic E-state index is -0.291. The van der Waals surface area contributed by atoms with Gasteiger partial charge in [0.1, 0.15) is 11.6 Å². The fourth-order valence-corrected chi connectivity index (χ4v) is 4.42. The van der Waals surface area contributed by atoms with E-state index < -0.39 is 0 Å². The number of hydrogen-bond acceptors (Lipinski definition) is 4. The van der Waals surface area contributed by atoms with Crippen molar-refractivity contribution in [1.29, 1.82) is 0 Å². The molecule has 0 spiro atoms. The Morgan fingerprint density at radius 1 is 1.03 bits per heavy atom. The summed E-state index contributed by atoms with van der Waals surface area (Å²) < 4.78 is 13.7. The molecule has 154 valence electrons. The summed E-state index contributed by atoms with van der Waals surface area (Å²) in [7, 11) is 0. The number of nitrogens with zero attached hydrogens (tertiary/aromatic N) is 4. The molecule has 0 unspecified atom stereocenters. The summed E-state index contributed by atoms with van der Waals surface area (Å²) in [5.41, 5.74) is 2.62. The Morgan fingerprint density at radius 2 is 1.76 bits per heavy atom. The molecule has 0 atom stereocenters. The molecular weight excluding hydrogens is 367 g/mol. The van der Waals surface area contributed by atoms with Gasteiger partial charge in [-0.2, -0.15) is 0 Å². The van der Waals surface area contributed by atoms with E-state index >= 15 is 0 Å². The third kappa shape index (κ3) is 4.26. The van der Waals surface area contributed by atoms with Crippen molar-refractivity contribution in [3.63, 3.8) is 0 Å². The highest BCUT2D eigenvalue weighted by Crippen LogP contribution is 2.28. The number of hydrogen-bond donors (Lipinski definition) is 0. The van der Waals surface area contributed by atoms with E-state index in [4.69, 9.17) is 4.98 Å². The summed E-state index contributed by atoms with van der Waals surface area (Å²) >= 11 is 0. The molecule has 2 fully saturated rings. The van der Waals surface area contributed by atoms with Crippen LogP contribution in [0.3, 0.4) is 0 Å². The van der Waals surface area contributed by atoms with Crippen LogP contribution < -0.4 is 4.90 Å². The van der Waals surface area contributed by atoms with Crippen molar-refractivity contribution in [2.75, 3.05) is 31.1 Å². The van der Waals surface area contributed by atoms with Gasteiger partial charge in [0.25, 0.3) is 0 Å². The second kappa shape index (κ2) is 8.47. The predicted molar refractivity (Wildman–Crippen MR) is 112 cm³/mol. The maximum absolute atomic E-state index is 13.7. The van der Waals surface area contributed by atoms with Crippen LogP contribution in [0.15, 0.2) is 24.3 Å². The largest absolute Gasteiger partial charge is 0.353 e. The van der Waals surface area contributed by atoms with Gasteiger partial charge in [-0.15, -0.1) is 0 Å². The quantitative estimate of drug-likeness (QED) is 0.783. The highest BCUT2D eigenvalue weighted by molar-refractivity contribution is 5.79. The van der Waals surface area contributed by atoms with Crippen molar-refractivity contribution >= 4 is 11.7 Å². The van der Waals surface area contributed by atoms with Gasteiger partial charge in [-0.05, 0) is 38.8 Å². The van der Waals surface area contributed by atoms with Crippen LogP contribution in [0.2, 0.25) is 0 Å². The minimum Gasteiger partial charge on any atom is -0.353 e. The number of aromatic nitrogens is 2. The molecule has 29 heavy (non-hydrogen) atoms. The van der Waals surface area contributed by atoms with Gasteiger partial charge in [0, 0.05) is 48.9 Å². The smallest absolute Gasteiger partial charge is 0.225 e. The van der Waals surface area contributed by atoms with Gasteiger partial charge >= 0.3 is 0 Å². The number of aryl methyl sites for hydroxylation is 1. The molecule has 2 heterocycles. The zero-order chi connectivity index (χ0) is 20.4. The Balaban J connectivity index is 1.50. The van der Waals surface area contributed by atoms with Crippen LogP contribution in [0.4, 0.5) is 10.2 Å². The summed E-state index contributed by atoms with van der Waals surface area (Å²) in [4.78, 5) is 26.4. The van der Waals surface area contributed by atoms with Crippen molar-refractivity contribution < 1.29 is 9.18 Å². The monoisotopic (exact) mass is 396 g/mol. The number of amides is 1. The van der Waals surface area contributed by atoms with Gasteiger partial charge < -0.3 is 9.80 Å². The summed E-state index contributed by atoms with van der Waals surface area (Å²) in [6.45, 7) is 6.97. The maximum atomic E-state index is 13.7. The summed E-state index contributed by atoms with van der Waals surface area (Å²) in [6.07, 6.45) is 5.70. The molecule has 6 heteroatoms. The van der Waals surface area contributed by atoms with E-state index in [9.17, 15) is 9.18 Å². The predicted octanol–water partition coefficient (Wildman–Crippen LogP) is 4.13. The normalized spacial score (nSPS) is 18.2. The number of carbonyl (C=O) groups is 1. The molecule has 1 aromatic heterocycles. The average molecular weight is 397 g/mol. The third-order valence-electron chi connectivity index (χ3n) is 6.29. The van der Waals surface area contributed by atoms with Gasteiger partial charge in [-0.25, -0.2) is 14.4 Å². The highest BCUT2D eigenvalue weighted by Gasteiger charge is 2.29. The fraction of sp³-hybridized carbons (Fsp3) is 0.522. The zero-order valence-electron chi connectivity index (χ0n) is 17.3. The Labute approximate surface area is 172 Å². The first-order valence-electron chi connectivity index (χ1n) is 10.7. The van der Waals surface area contributed by atoms with Crippen molar-refractivity contribution in [2.24, 2.45) is 5.92 Å². The van der Waals surface area contributed by atoms with Crippen molar-refractivity contribution in [1.82, 2.24) is 14.9 Å². The van der Waals surface area contributed by atoms with Gasteiger partial charge in [0.15, 0.2) is 5.82 Å². The van der Waals surface area contributed by atoms with Crippen LogP contribution in [0.25, 0.3) is 11.4 Å². The lowest BCUT2D eigenvalue weighted by Gasteiger charge is -2.38. The van der Waals surface area contributed by atoms with Crippen LogP contribution in [0, 0.1) is 25.6 Å². The highest BCUT2D eigenvalue weighted by atomic mass is 19.1. The Kier molecular flexibility index (Phi) is 5.79. The fourth-order valence-electron chi connectivity index (χ4n) is 4.42. The molecule has 0 radical (unpaired) electrons. The summed E-state index contributed by atoms with van der Waals surface area (Å²) in [5, 5.41) is 0. The van der Waals surface area contributed by atoms with E-state index in [2.05, 4.69) is 9.88 Å². The molecule has 0 bridgehead atoms. The van der Waals surface area contributed by atoms with E-state index in [1.54, 1.807) is 6.07 Å². The van der Waals surface area contributed by atoms with Gasteiger partial charge in [-0.3, -0.25) is 4.79 Å². The Morgan fingerprint density at radius 3 is 2.45 bits per heavy atom. The van der Waals surface area contributed by atoms with E-state index in [1.165, 1.54) is 31.4 Å². The lowest BCUT2D eigenvalue weighted by atomic mass is 9.88. The molecule has 0 N–H and O–H groups in total. The second-order valence-corrected chi connectivity index (χ2v) is 8.24. The summed E-state index contributed by atoms with van der Waals surface area (Å²) in [6, 6.07) is 6.40. The third-order valence-corrected chi connectivity index (χ3v) is 6.29. The molecule has 2 aliphatic rings.